The molecule has 2 heterocycles. The van der Waals surface area contributed by atoms with Crippen molar-refractivity contribution in [2.75, 3.05) is 6.54 Å². The molecule has 0 radical (unpaired) electrons. The highest BCUT2D eigenvalue weighted by atomic mass is 35.5. The standard InChI is InChI=1S/C13H17ClN2O2/c1-13(2,3)18-12(17)16-7-6-9-4-5-11(14)15-10(9)8-16/h4-5H,6-8H2,1-3H3. The summed E-state index contributed by atoms with van der Waals surface area (Å²) in [6.45, 7) is 6.70. The Hall–Kier alpha value is -1.29. The zero-order valence-electron chi connectivity index (χ0n) is 10.9. The number of pyridine rings is 1. The first-order valence-electron chi connectivity index (χ1n) is 5.97. The van der Waals surface area contributed by atoms with Crippen LogP contribution in [0.15, 0.2) is 12.1 Å². The SMILES string of the molecule is CC(C)(C)OC(=O)N1CCc2ccc(Cl)nc2C1. The zero-order chi connectivity index (χ0) is 13.3. The Morgan fingerprint density at radius 3 is 2.83 bits per heavy atom. The fourth-order valence-electron chi connectivity index (χ4n) is 1.87. The molecular formula is C13H17ClN2O2. The molecule has 0 N–H and O–H groups in total. The van der Waals surface area contributed by atoms with Gasteiger partial charge in [-0.15, -0.1) is 0 Å². The number of halogens is 1. The van der Waals surface area contributed by atoms with Crippen molar-refractivity contribution in [3.05, 3.63) is 28.5 Å². The lowest BCUT2D eigenvalue weighted by molar-refractivity contribution is 0.0221. The minimum absolute atomic E-state index is 0.296. The Balaban J connectivity index is 2.09. The quantitative estimate of drug-likeness (QED) is 0.679. The number of hydrogen-bond acceptors (Lipinski definition) is 3. The van der Waals surface area contributed by atoms with E-state index in [0.29, 0.717) is 18.2 Å². The molecule has 98 valence electrons. The first-order valence-corrected chi connectivity index (χ1v) is 6.35. The van der Waals surface area contributed by atoms with Gasteiger partial charge >= 0.3 is 6.09 Å². The maximum absolute atomic E-state index is 12.0. The van der Waals surface area contributed by atoms with Crippen molar-refractivity contribution in [2.24, 2.45) is 0 Å². The first kappa shape index (κ1) is 13.1. The molecule has 4 nitrogen and oxygen atoms in total. The largest absolute Gasteiger partial charge is 0.444 e. The van der Waals surface area contributed by atoms with Gasteiger partial charge in [-0.2, -0.15) is 0 Å². The average Bonchev–Trinajstić information content (AvgIpc) is 2.25. The Labute approximate surface area is 112 Å². The number of ether oxygens (including phenoxy) is 1. The fourth-order valence-corrected chi connectivity index (χ4v) is 2.03. The van der Waals surface area contributed by atoms with E-state index in [9.17, 15) is 4.79 Å². The second-order valence-corrected chi connectivity index (χ2v) is 5.78. The van der Waals surface area contributed by atoms with Crippen LogP contribution in [0.25, 0.3) is 0 Å². The van der Waals surface area contributed by atoms with Crippen molar-refractivity contribution in [1.29, 1.82) is 0 Å². The minimum atomic E-state index is -0.473. The van der Waals surface area contributed by atoms with Crippen LogP contribution >= 0.6 is 11.6 Å². The Kier molecular flexibility index (Phi) is 3.48. The van der Waals surface area contributed by atoms with Crippen molar-refractivity contribution < 1.29 is 9.53 Å². The van der Waals surface area contributed by atoms with Gasteiger partial charge in [0.05, 0.1) is 12.2 Å². The van der Waals surface area contributed by atoms with Gasteiger partial charge in [-0.1, -0.05) is 17.7 Å². The van der Waals surface area contributed by atoms with Crippen LogP contribution in [-0.2, 0) is 17.7 Å². The normalized spacial score (nSPS) is 15.2. The Bertz CT molecular complexity index is 469. The van der Waals surface area contributed by atoms with E-state index in [4.69, 9.17) is 16.3 Å². The van der Waals surface area contributed by atoms with E-state index < -0.39 is 5.60 Å². The second-order valence-electron chi connectivity index (χ2n) is 5.39. The van der Waals surface area contributed by atoms with Crippen molar-refractivity contribution in [3.8, 4) is 0 Å². The van der Waals surface area contributed by atoms with E-state index in [1.54, 1.807) is 11.0 Å². The molecule has 0 saturated carbocycles. The summed E-state index contributed by atoms with van der Waals surface area (Å²) in [6, 6.07) is 3.75. The van der Waals surface area contributed by atoms with E-state index in [-0.39, 0.29) is 6.09 Å². The van der Waals surface area contributed by atoms with Gasteiger partial charge in [-0.05, 0) is 38.8 Å². The predicted octanol–water partition coefficient (Wildman–Crippen LogP) is 3.03. The highest BCUT2D eigenvalue weighted by Gasteiger charge is 2.26. The van der Waals surface area contributed by atoms with Crippen LogP contribution in [0.3, 0.4) is 0 Å². The molecule has 1 aliphatic rings. The van der Waals surface area contributed by atoms with Crippen molar-refractivity contribution in [2.45, 2.75) is 39.3 Å². The van der Waals surface area contributed by atoms with Crippen molar-refractivity contribution >= 4 is 17.7 Å². The topological polar surface area (TPSA) is 42.4 Å². The molecule has 0 aliphatic carbocycles. The van der Waals surface area contributed by atoms with Gasteiger partial charge < -0.3 is 9.64 Å². The summed E-state index contributed by atoms with van der Waals surface area (Å²) in [5, 5.41) is 0.458. The van der Waals surface area contributed by atoms with Gasteiger partial charge in [0, 0.05) is 6.54 Å². The van der Waals surface area contributed by atoms with Crippen LogP contribution in [-0.4, -0.2) is 28.1 Å². The van der Waals surface area contributed by atoms with Gasteiger partial charge in [-0.3, -0.25) is 0 Å². The molecular weight excluding hydrogens is 252 g/mol. The molecule has 0 saturated heterocycles. The smallest absolute Gasteiger partial charge is 0.410 e. The van der Waals surface area contributed by atoms with Crippen LogP contribution < -0.4 is 0 Å². The van der Waals surface area contributed by atoms with E-state index >= 15 is 0 Å². The first-order chi connectivity index (χ1) is 8.35. The number of carbonyl (C=O) groups excluding carboxylic acids is 1. The molecule has 1 aromatic heterocycles. The number of amides is 1. The lowest BCUT2D eigenvalue weighted by atomic mass is 10.1. The lowest BCUT2D eigenvalue weighted by Crippen LogP contribution is -2.40. The molecule has 0 aromatic carbocycles. The van der Waals surface area contributed by atoms with Crippen LogP contribution in [0.1, 0.15) is 32.0 Å². The lowest BCUT2D eigenvalue weighted by Gasteiger charge is -2.30. The number of rotatable bonds is 0. The van der Waals surface area contributed by atoms with Crippen LogP contribution in [0.5, 0.6) is 0 Å². The molecule has 2 rings (SSSR count). The molecule has 0 bridgehead atoms. The van der Waals surface area contributed by atoms with E-state index in [0.717, 1.165) is 17.7 Å². The highest BCUT2D eigenvalue weighted by molar-refractivity contribution is 6.29. The van der Waals surface area contributed by atoms with Gasteiger partial charge in [0.1, 0.15) is 10.8 Å². The van der Waals surface area contributed by atoms with E-state index in [1.807, 2.05) is 26.8 Å². The third-order valence-electron chi connectivity index (χ3n) is 2.68. The Morgan fingerprint density at radius 2 is 2.17 bits per heavy atom. The Morgan fingerprint density at radius 1 is 1.44 bits per heavy atom. The number of nitrogens with zero attached hydrogens (tertiary/aromatic N) is 2. The molecule has 0 spiro atoms. The monoisotopic (exact) mass is 268 g/mol. The summed E-state index contributed by atoms with van der Waals surface area (Å²) >= 11 is 5.86. The maximum atomic E-state index is 12.0. The van der Waals surface area contributed by atoms with Gasteiger partial charge in [0.25, 0.3) is 0 Å². The van der Waals surface area contributed by atoms with Gasteiger partial charge in [-0.25, -0.2) is 9.78 Å². The molecule has 5 heteroatoms. The molecule has 1 aliphatic heterocycles. The number of fused-ring (bicyclic) bond motifs is 1. The van der Waals surface area contributed by atoms with Crippen molar-refractivity contribution in [1.82, 2.24) is 9.88 Å². The van der Waals surface area contributed by atoms with Gasteiger partial charge in [0.2, 0.25) is 0 Å². The van der Waals surface area contributed by atoms with E-state index in [1.165, 1.54) is 0 Å². The van der Waals surface area contributed by atoms with E-state index in [2.05, 4.69) is 4.98 Å². The second kappa shape index (κ2) is 4.76. The molecule has 18 heavy (non-hydrogen) atoms. The van der Waals surface area contributed by atoms with Gasteiger partial charge in [0.15, 0.2) is 0 Å². The summed E-state index contributed by atoms with van der Waals surface area (Å²) in [5.74, 6) is 0. The highest BCUT2D eigenvalue weighted by Crippen LogP contribution is 2.21. The summed E-state index contributed by atoms with van der Waals surface area (Å²) in [6.07, 6.45) is 0.494. The number of carbonyl (C=O) groups is 1. The summed E-state index contributed by atoms with van der Waals surface area (Å²) in [5.41, 5.74) is 1.54. The third-order valence-corrected chi connectivity index (χ3v) is 2.89. The molecule has 0 atom stereocenters. The summed E-state index contributed by atoms with van der Waals surface area (Å²) < 4.78 is 5.35. The fraction of sp³-hybridized carbons (Fsp3) is 0.538. The maximum Gasteiger partial charge on any atom is 0.410 e. The molecule has 1 amide bonds. The zero-order valence-corrected chi connectivity index (χ0v) is 11.6. The predicted molar refractivity (Wildman–Crippen MR) is 69.6 cm³/mol. The minimum Gasteiger partial charge on any atom is -0.444 e. The molecule has 1 aromatic rings. The molecule has 0 fully saturated rings. The summed E-state index contributed by atoms with van der Waals surface area (Å²) in [7, 11) is 0. The number of aromatic nitrogens is 1. The van der Waals surface area contributed by atoms with Crippen LogP contribution in [0.4, 0.5) is 4.79 Å². The average molecular weight is 269 g/mol. The van der Waals surface area contributed by atoms with Crippen molar-refractivity contribution in [3.63, 3.8) is 0 Å². The third kappa shape index (κ3) is 3.13. The number of hydrogen-bond donors (Lipinski definition) is 0. The van der Waals surface area contributed by atoms with Crippen LogP contribution in [0, 0.1) is 0 Å². The molecule has 0 unspecified atom stereocenters. The van der Waals surface area contributed by atoms with Crippen LogP contribution in [0.2, 0.25) is 5.15 Å². The summed E-state index contributed by atoms with van der Waals surface area (Å²) in [4.78, 5) is 17.9.